The molecule has 0 saturated heterocycles. The fraction of sp³-hybridized carbons (Fsp3) is 0.533. The van der Waals surface area contributed by atoms with Crippen molar-refractivity contribution in [1.29, 1.82) is 0 Å². The molecule has 19 heavy (non-hydrogen) atoms. The Balaban J connectivity index is 1.81. The number of hydrogen-bond acceptors (Lipinski definition) is 3. The summed E-state index contributed by atoms with van der Waals surface area (Å²) in [6.45, 7) is 5.67. The molecule has 0 radical (unpaired) electrons. The van der Waals surface area contributed by atoms with Gasteiger partial charge < -0.3 is 10.2 Å². The number of aromatic nitrogens is 1. The predicted octanol–water partition coefficient (Wildman–Crippen LogP) is 3.25. The molecule has 0 bridgehead atoms. The second kappa shape index (κ2) is 5.63. The Bertz CT molecular complexity index is 466. The minimum absolute atomic E-state index is 0.659. The molecule has 102 valence electrons. The standard InChI is InChI=1S/C15H20BrN3/c1-2-7-19(14-5-6-14)15-11(8-12(16)10-18-15)9-17-13-3-4-13/h2,8,10,13-14,17H,1,3-7,9H2. The van der Waals surface area contributed by atoms with E-state index in [0.29, 0.717) is 6.04 Å². The third-order valence-corrected chi connectivity index (χ3v) is 4.09. The predicted molar refractivity (Wildman–Crippen MR) is 82.4 cm³/mol. The van der Waals surface area contributed by atoms with Crippen LogP contribution in [0.4, 0.5) is 5.82 Å². The highest BCUT2D eigenvalue weighted by molar-refractivity contribution is 9.10. The lowest BCUT2D eigenvalue weighted by Crippen LogP contribution is -2.29. The Morgan fingerprint density at radius 2 is 2.21 bits per heavy atom. The van der Waals surface area contributed by atoms with Gasteiger partial charge in [0, 0.05) is 41.4 Å². The van der Waals surface area contributed by atoms with E-state index in [9.17, 15) is 0 Å². The van der Waals surface area contributed by atoms with Crippen molar-refractivity contribution in [3.63, 3.8) is 0 Å². The van der Waals surface area contributed by atoms with Crippen molar-refractivity contribution in [1.82, 2.24) is 10.3 Å². The zero-order valence-electron chi connectivity index (χ0n) is 11.1. The molecule has 2 fully saturated rings. The van der Waals surface area contributed by atoms with Crippen LogP contribution in [0.1, 0.15) is 31.2 Å². The van der Waals surface area contributed by atoms with Crippen molar-refractivity contribution in [2.24, 2.45) is 0 Å². The largest absolute Gasteiger partial charge is 0.350 e. The highest BCUT2D eigenvalue weighted by Crippen LogP contribution is 2.33. The Morgan fingerprint density at radius 3 is 2.84 bits per heavy atom. The number of halogens is 1. The van der Waals surface area contributed by atoms with Gasteiger partial charge in [0.05, 0.1) is 0 Å². The van der Waals surface area contributed by atoms with E-state index in [1.54, 1.807) is 0 Å². The minimum atomic E-state index is 0.659. The molecule has 0 atom stereocenters. The van der Waals surface area contributed by atoms with E-state index >= 15 is 0 Å². The molecule has 2 saturated carbocycles. The average Bonchev–Trinajstić information content (AvgIpc) is 3.28. The van der Waals surface area contributed by atoms with E-state index in [-0.39, 0.29) is 0 Å². The first-order chi connectivity index (χ1) is 9.28. The molecule has 0 amide bonds. The van der Waals surface area contributed by atoms with Gasteiger partial charge in [0.1, 0.15) is 5.82 Å². The lowest BCUT2D eigenvalue weighted by molar-refractivity contribution is 0.680. The topological polar surface area (TPSA) is 28.2 Å². The van der Waals surface area contributed by atoms with Gasteiger partial charge in [0.2, 0.25) is 0 Å². The summed E-state index contributed by atoms with van der Waals surface area (Å²) in [5.74, 6) is 1.12. The smallest absolute Gasteiger partial charge is 0.133 e. The maximum Gasteiger partial charge on any atom is 0.133 e. The highest BCUT2D eigenvalue weighted by Gasteiger charge is 2.30. The van der Waals surface area contributed by atoms with Crippen LogP contribution in [-0.4, -0.2) is 23.6 Å². The van der Waals surface area contributed by atoms with E-state index in [4.69, 9.17) is 0 Å². The molecular formula is C15H20BrN3. The van der Waals surface area contributed by atoms with Crippen LogP contribution >= 0.6 is 15.9 Å². The molecule has 2 aliphatic carbocycles. The summed E-state index contributed by atoms with van der Waals surface area (Å²) < 4.78 is 1.05. The average molecular weight is 322 g/mol. The zero-order valence-corrected chi connectivity index (χ0v) is 12.7. The Hall–Kier alpha value is -0.870. The van der Waals surface area contributed by atoms with Crippen molar-refractivity contribution in [2.75, 3.05) is 11.4 Å². The summed E-state index contributed by atoms with van der Waals surface area (Å²) in [4.78, 5) is 7.04. The molecule has 1 N–H and O–H groups in total. The Morgan fingerprint density at radius 1 is 1.42 bits per heavy atom. The van der Waals surface area contributed by atoms with Gasteiger partial charge in [-0.05, 0) is 47.7 Å². The number of nitrogens with one attached hydrogen (secondary N) is 1. The van der Waals surface area contributed by atoms with Gasteiger partial charge >= 0.3 is 0 Å². The molecule has 1 aromatic heterocycles. The number of hydrogen-bond donors (Lipinski definition) is 1. The van der Waals surface area contributed by atoms with Gasteiger partial charge in [0.15, 0.2) is 0 Å². The molecule has 1 heterocycles. The third kappa shape index (κ3) is 3.37. The van der Waals surface area contributed by atoms with E-state index in [1.165, 1.54) is 31.2 Å². The highest BCUT2D eigenvalue weighted by atomic mass is 79.9. The number of nitrogens with zero attached hydrogens (tertiary/aromatic N) is 2. The van der Waals surface area contributed by atoms with Crippen molar-refractivity contribution < 1.29 is 0 Å². The molecule has 0 spiro atoms. The normalized spacial score (nSPS) is 18.4. The molecular weight excluding hydrogens is 302 g/mol. The monoisotopic (exact) mass is 321 g/mol. The Labute approximate surface area is 123 Å². The van der Waals surface area contributed by atoms with Gasteiger partial charge in [0.25, 0.3) is 0 Å². The van der Waals surface area contributed by atoms with Crippen LogP contribution in [-0.2, 0) is 6.54 Å². The van der Waals surface area contributed by atoms with Crippen molar-refractivity contribution in [3.05, 3.63) is 35.0 Å². The molecule has 0 unspecified atom stereocenters. The number of anilines is 1. The van der Waals surface area contributed by atoms with Gasteiger partial charge in [-0.2, -0.15) is 0 Å². The van der Waals surface area contributed by atoms with Gasteiger partial charge in [-0.3, -0.25) is 0 Å². The molecule has 4 heteroatoms. The molecule has 0 aromatic carbocycles. The van der Waals surface area contributed by atoms with E-state index < -0.39 is 0 Å². The van der Waals surface area contributed by atoms with Gasteiger partial charge in [-0.1, -0.05) is 6.08 Å². The van der Waals surface area contributed by atoms with Crippen LogP contribution in [0.5, 0.6) is 0 Å². The maximum atomic E-state index is 4.65. The summed E-state index contributed by atoms with van der Waals surface area (Å²) in [5, 5.41) is 3.58. The molecule has 3 rings (SSSR count). The van der Waals surface area contributed by atoms with Gasteiger partial charge in [-0.25, -0.2) is 4.98 Å². The summed E-state index contributed by atoms with van der Waals surface area (Å²) >= 11 is 3.53. The quantitative estimate of drug-likeness (QED) is 0.781. The lowest BCUT2D eigenvalue weighted by atomic mass is 10.2. The van der Waals surface area contributed by atoms with Crippen LogP contribution in [0.15, 0.2) is 29.4 Å². The second-order valence-corrected chi connectivity index (χ2v) is 6.38. The van der Waals surface area contributed by atoms with Crippen LogP contribution < -0.4 is 10.2 Å². The summed E-state index contributed by atoms with van der Waals surface area (Å²) in [5.41, 5.74) is 1.29. The van der Waals surface area contributed by atoms with Crippen LogP contribution in [0.2, 0.25) is 0 Å². The van der Waals surface area contributed by atoms with E-state index in [1.807, 2.05) is 12.3 Å². The molecule has 1 aromatic rings. The first-order valence-electron chi connectivity index (χ1n) is 7.03. The molecule has 3 nitrogen and oxygen atoms in total. The first-order valence-corrected chi connectivity index (χ1v) is 7.82. The number of rotatable bonds is 7. The lowest BCUT2D eigenvalue weighted by Gasteiger charge is -2.24. The molecule has 2 aliphatic rings. The van der Waals surface area contributed by atoms with E-state index in [0.717, 1.165) is 29.4 Å². The SMILES string of the molecule is C=CCN(c1ncc(Br)cc1CNC1CC1)C1CC1. The van der Waals surface area contributed by atoms with Crippen molar-refractivity contribution in [3.8, 4) is 0 Å². The minimum Gasteiger partial charge on any atom is -0.350 e. The second-order valence-electron chi connectivity index (χ2n) is 5.46. The third-order valence-electron chi connectivity index (χ3n) is 3.65. The maximum absolute atomic E-state index is 4.65. The van der Waals surface area contributed by atoms with Crippen molar-refractivity contribution >= 4 is 21.7 Å². The van der Waals surface area contributed by atoms with Crippen molar-refractivity contribution in [2.45, 2.75) is 44.3 Å². The summed E-state index contributed by atoms with van der Waals surface area (Å²) in [6, 6.07) is 3.57. The van der Waals surface area contributed by atoms with Crippen LogP contribution in [0.25, 0.3) is 0 Å². The summed E-state index contributed by atoms with van der Waals surface area (Å²) in [6.07, 6.45) is 9.06. The molecule has 0 aliphatic heterocycles. The first kappa shape index (κ1) is 13.1. The summed E-state index contributed by atoms with van der Waals surface area (Å²) in [7, 11) is 0. The van der Waals surface area contributed by atoms with Crippen LogP contribution in [0, 0.1) is 0 Å². The fourth-order valence-corrected chi connectivity index (χ4v) is 2.72. The number of pyridine rings is 1. The van der Waals surface area contributed by atoms with E-state index in [2.05, 4.69) is 43.8 Å². The van der Waals surface area contributed by atoms with Gasteiger partial charge in [-0.15, -0.1) is 6.58 Å². The Kier molecular flexibility index (Phi) is 3.89. The fourth-order valence-electron chi connectivity index (χ4n) is 2.34. The zero-order chi connectivity index (χ0) is 13.2. The van der Waals surface area contributed by atoms with Crippen LogP contribution in [0.3, 0.4) is 0 Å².